The lowest BCUT2D eigenvalue weighted by molar-refractivity contribution is -0.384. The van der Waals surface area contributed by atoms with Gasteiger partial charge in [0, 0.05) is 35.8 Å². The van der Waals surface area contributed by atoms with Crippen LogP contribution in [0.5, 0.6) is 5.75 Å². The number of aromatic nitrogens is 3. The number of hydrogen-bond donors (Lipinski definition) is 1. The van der Waals surface area contributed by atoms with Gasteiger partial charge in [-0.15, -0.1) is 0 Å². The van der Waals surface area contributed by atoms with Gasteiger partial charge in [0.25, 0.3) is 18.0 Å². The van der Waals surface area contributed by atoms with Gasteiger partial charge in [-0.05, 0) is 19.1 Å². The second-order valence-corrected chi connectivity index (χ2v) is 7.47. The van der Waals surface area contributed by atoms with Crippen molar-refractivity contribution in [3.8, 4) is 17.0 Å². The van der Waals surface area contributed by atoms with Crippen LogP contribution >= 0.6 is 0 Å². The van der Waals surface area contributed by atoms with E-state index >= 15 is 0 Å². The molecule has 2 heterocycles. The number of nitrogens with one attached hydrogen (secondary N) is 1. The maximum atomic E-state index is 13.3. The average molecular weight is 467 g/mol. The molecule has 2 aromatic heterocycles. The standard InChI is InChI=1S/C23H19F2N5O4/c1-13-19(11-26-29(13)2)21-10-18(17-5-3-4-6-20(17)28-21)23(31)27-14-7-15(30(32)33)9-16(8-14)34-12-22(24)25/h3-11,22H,12H2,1-2H3,(H,27,31). The molecule has 0 bridgehead atoms. The molecule has 0 saturated heterocycles. The van der Waals surface area contributed by atoms with Gasteiger partial charge in [0.05, 0.1) is 39.6 Å². The van der Waals surface area contributed by atoms with Crippen LogP contribution in [0.2, 0.25) is 0 Å². The van der Waals surface area contributed by atoms with E-state index in [4.69, 9.17) is 4.74 Å². The number of nitrogens with zero attached hydrogens (tertiary/aromatic N) is 4. The van der Waals surface area contributed by atoms with Crippen molar-refractivity contribution in [1.82, 2.24) is 14.8 Å². The Morgan fingerprint density at radius 1 is 1.24 bits per heavy atom. The summed E-state index contributed by atoms with van der Waals surface area (Å²) in [6.07, 6.45) is -1.10. The molecule has 9 nitrogen and oxygen atoms in total. The van der Waals surface area contributed by atoms with E-state index in [-0.39, 0.29) is 17.0 Å². The van der Waals surface area contributed by atoms with Crippen molar-refractivity contribution in [1.29, 1.82) is 0 Å². The molecule has 1 N–H and O–H groups in total. The summed E-state index contributed by atoms with van der Waals surface area (Å²) >= 11 is 0. The summed E-state index contributed by atoms with van der Waals surface area (Å²) in [5, 5.41) is 18.7. The van der Waals surface area contributed by atoms with Crippen LogP contribution in [-0.4, -0.2) is 38.6 Å². The average Bonchev–Trinajstić information content (AvgIpc) is 3.14. The normalized spacial score (nSPS) is 11.1. The largest absolute Gasteiger partial charge is 0.487 e. The molecule has 0 aliphatic heterocycles. The van der Waals surface area contributed by atoms with Gasteiger partial charge in [-0.3, -0.25) is 19.6 Å². The lowest BCUT2D eigenvalue weighted by Crippen LogP contribution is -2.14. The number of halogens is 2. The Kier molecular flexibility index (Phi) is 6.17. The molecule has 1 amide bonds. The lowest BCUT2D eigenvalue weighted by Gasteiger charge is -2.12. The van der Waals surface area contributed by atoms with E-state index in [1.807, 2.05) is 6.92 Å². The van der Waals surface area contributed by atoms with Crippen LogP contribution in [0.25, 0.3) is 22.2 Å². The molecule has 0 atom stereocenters. The van der Waals surface area contributed by atoms with Gasteiger partial charge < -0.3 is 10.1 Å². The Morgan fingerprint density at radius 3 is 2.68 bits per heavy atom. The molecule has 11 heteroatoms. The van der Waals surface area contributed by atoms with Crippen LogP contribution in [-0.2, 0) is 7.05 Å². The molecule has 0 radical (unpaired) electrons. The second kappa shape index (κ2) is 9.22. The molecule has 0 fully saturated rings. The fraction of sp³-hybridized carbons (Fsp3) is 0.174. The summed E-state index contributed by atoms with van der Waals surface area (Å²) in [6.45, 7) is 0.945. The number of fused-ring (bicyclic) bond motifs is 1. The summed E-state index contributed by atoms with van der Waals surface area (Å²) in [5.74, 6) is -0.710. The van der Waals surface area contributed by atoms with Crippen LogP contribution < -0.4 is 10.1 Å². The highest BCUT2D eigenvalue weighted by Gasteiger charge is 2.19. The highest BCUT2D eigenvalue weighted by atomic mass is 19.3. The van der Waals surface area contributed by atoms with Crippen molar-refractivity contribution in [2.24, 2.45) is 7.05 Å². The summed E-state index contributed by atoms with van der Waals surface area (Å²) in [7, 11) is 1.80. The van der Waals surface area contributed by atoms with Crippen molar-refractivity contribution in [2.45, 2.75) is 13.3 Å². The number of carbonyl (C=O) groups is 1. The second-order valence-electron chi connectivity index (χ2n) is 7.47. The molecule has 0 aliphatic carbocycles. The van der Waals surface area contributed by atoms with E-state index < -0.39 is 29.6 Å². The third kappa shape index (κ3) is 4.68. The molecule has 0 unspecified atom stereocenters. The van der Waals surface area contributed by atoms with Gasteiger partial charge in [0.1, 0.15) is 12.4 Å². The first kappa shape index (κ1) is 22.8. The molecular weight excluding hydrogens is 448 g/mol. The SMILES string of the molecule is Cc1c(-c2cc(C(=O)Nc3cc(OCC(F)F)cc([N+](=O)[O-])c3)c3ccccc3n2)cnn1C. The van der Waals surface area contributed by atoms with Gasteiger partial charge in [0.15, 0.2) is 0 Å². The minimum absolute atomic E-state index is 0.0310. The van der Waals surface area contributed by atoms with E-state index in [1.54, 1.807) is 48.3 Å². The topological polar surface area (TPSA) is 112 Å². The predicted molar refractivity (Wildman–Crippen MR) is 121 cm³/mol. The number of hydrogen-bond acceptors (Lipinski definition) is 6. The molecule has 0 saturated carbocycles. The Hall–Kier alpha value is -4.41. The number of aryl methyl sites for hydroxylation is 1. The quantitative estimate of drug-likeness (QED) is 0.310. The van der Waals surface area contributed by atoms with Gasteiger partial charge >= 0.3 is 0 Å². The third-order valence-corrected chi connectivity index (χ3v) is 5.21. The van der Waals surface area contributed by atoms with Crippen molar-refractivity contribution in [3.05, 3.63) is 76.1 Å². The molecule has 174 valence electrons. The fourth-order valence-corrected chi connectivity index (χ4v) is 3.45. The fourth-order valence-electron chi connectivity index (χ4n) is 3.45. The van der Waals surface area contributed by atoms with Gasteiger partial charge in [-0.1, -0.05) is 18.2 Å². The van der Waals surface area contributed by atoms with Crippen molar-refractivity contribution in [3.63, 3.8) is 0 Å². The van der Waals surface area contributed by atoms with Crippen molar-refractivity contribution in [2.75, 3.05) is 11.9 Å². The Labute approximate surface area is 192 Å². The molecule has 0 spiro atoms. The van der Waals surface area contributed by atoms with Gasteiger partial charge in [-0.25, -0.2) is 13.8 Å². The monoisotopic (exact) mass is 467 g/mol. The minimum Gasteiger partial charge on any atom is -0.487 e. The first-order valence-electron chi connectivity index (χ1n) is 10.1. The number of non-ortho nitro benzene ring substituents is 1. The lowest BCUT2D eigenvalue weighted by atomic mass is 10.0. The first-order chi connectivity index (χ1) is 16.2. The number of carbonyl (C=O) groups excluding carboxylic acids is 1. The smallest absolute Gasteiger partial charge is 0.275 e. The minimum atomic E-state index is -2.75. The highest BCUT2D eigenvalue weighted by molar-refractivity contribution is 6.13. The number of alkyl halides is 2. The number of anilines is 1. The van der Waals surface area contributed by atoms with Crippen molar-refractivity contribution >= 4 is 28.2 Å². The zero-order valence-corrected chi connectivity index (χ0v) is 18.2. The zero-order valence-electron chi connectivity index (χ0n) is 18.2. The number of nitro benzene ring substituents is 1. The highest BCUT2D eigenvalue weighted by Crippen LogP contribution is 2.30. The number of rotatable bonds is 7. The number of pyridine rings is 1. The van der Waals surface area contributed by atoms with Crippen LogP contribution in [0.3, 0.4) is 0 Å². The van der Waals surface area contributed by atoms with E-state index in [0.717, 1.165) is 23.4 Å². The number of benzene rings is 2. The maximum absolute atomic E-state index is 13.3. The van der Waals surface area contributed by atoms with Crippen LogP contribution in [0.1, 0.15) is 16.1 Å². The summed E-state index contributed by atoms with van der Waals surface area (Å²) in [6, 6.07) is 12.1. The number of nitro groups is 1. The third-order valence-electron chi connectivity index (χ3n) is 5.21. The Morgan fingerprint density at radius 2 is 2.00 bits per heavy atom. The first-order valence-corrected chi connectivity index (χ1v) is 10.1. The number of para-hydroxylation sites is 1. The van der Waals surface area contributed by atoms with Gasteiger partial charge in [-0.2, -0.15) is 5.10 Å². The molecule has 34 heavy (non-hydrogen) atoms. The maximum Gasteiger partial charge on any atom is 0.275 e. The molecule has 0 aliphatic rings. The molecular formula is C23H19F2N5O4. The summed E-state index contributed by atoms with van der Waals surface area (Å²) in [5.41, 5.74) is 2.62. The molecule has 4 aromatic rings. The van der Waals surface area contributed by atoms with E-state index in [9.17, 15) is 23.7 Å². The van der Waals surface area contributed by atoms with Crippen LogP contribution in [0.4, 0.5) is 20.2 Å². The van der Waals surface area contributed by atoms with E-state index in [0.29, 0.717) is 16.6 Å². The van der Waals surface area contributed by atoms with E-state index in [2.05, 4.69) is 15.4 Å². The van der Waals surface area contributed by atoms with Gasteiger partial charge in [0.2, 0.25) is 0 Å². The number of amides is 1. The van der Waals surface area contributed by atoms with Crippen LogP contribution in [0.15, 0.2) is 54.7 Å². The van der Waals surface area contributed by atoms with E-state index in [1.165, 1.54) is 6.07 Å². The molecule has 4 rings (SSSR count). The van der Waals surface area contributed by atoms with Crippen molar-refractivity contribution < 1.29 is 23.2 Å². The van der Waals surface area contributed by atoms with Crippen LogP contribution in [0, 0.1) is 17.0 Å². The Balaban J connectivity index is 1.74. The predicted octanol–water partition coefficient (Wildman–Crippen LogP) is 4.75. The summed E-state index contributed by atoms with van der Waals surface area (Å²) in [4.78, 5) is 28.5. The summed E-state index contributed by atoms with van der Waals surface area (Å²) < 4.78 is 31.7. The Bertz CT molecular complexity index is 1400. The zero-order chi connectivity index (χ0) is 24.4. The number of ether oxygens (including phenoxy) is 1. The molecule has 2 aromatic carbocycles.